The molecular formula is C22H29ClFN5O2. The Hall–Kier alpha value is -2.16. The second-order valence-electron chi connectivity index (χ2n) is 9.00. The fraction of sp³-hybridized carbons (Fsp3) is 0.545. The molecule has 2 atom stereocenters. The summed E-state index contributed by atoms with van der Waals surface area (Å²) in [6.45, 7) is 5.78. The Bertz CT molecular complexity index is 1130. The molecule has 0 radical (unpaired) electrons. The lowest BCUT2D eigenvalue weighted by Gasteiger charge is -2.50. The number of pyridine rings is 1. The molecular weight excluding hydrogens is 421 g/mol. The summed E-state index contributed by atoms with van der Waals surface area (Å²) in [6, 6.07) is 1.47. The number of aromatic nitrogens is 1. The minimum atomic E-state index is -0.500. The summed E-state index contributed by atoms with van der Waals surface area (Å²) in [5.74, 6) is -0.594. The fourth-order valence-corrected chi connectivity index (χ4v) is 4.80. The molecule has 1 amide bonds. The lowest BCUT2D eigenvalue weighted by atomic mass is 9.97. The van der Waals surface area contributed by atoms with Gasteiger partial charge in [0.2, 0.25) is 0 Å². The quantitative estimate of drug-likeness (QED) is 0.718. The monoisotopic (exact) mass is 449 g/mol. The Kier molecular flexibility index (Phi) is 5.52. The normalized spacial score (nSPS) is 21.8. The second kappa shape index (κ2) is 7.76. The van der Waals surface area contributed by atoms with Gasteiger partial charge >= 0.3 is 0 Å². The Balaban J connectivity index is 2.07. The number of carbonyl (C=O) groups excluding carboxylic acids is 1. The molecule has 3 heterocycles. The average Bonchev–Trinajstić information content (AvgIpc) is 2.70. The van der Waals surface area contributed by atoms with Crippen molar-refractivity contribution in [1.82, 2.24) is 14.4 Å². The van der Waals surface area contributed by atoms with E-state index in [9.17, 15) is 9.59 Å². The maximum atomic E-state index is 15.3. The molecule has 31 heavy (non-hydrogen) atoms. The van der Waals surface area contributed by atoms with Gasteiger partial charge in [0.25, 0.3) is 11.5 Å². The molecule has 0 spiro atoms. The van der Waals surface area contributed by atoms with Crippen LogP contribution in [-0.4, -0.2) is 79.7 Å². The molecule has 2 aromatic rings. The van der Waals surface area contributed by atoms with E-state index in [1.165, 1.54) is 4.57 Å². The Morgan fingerprint density at radius 3 is 2.52 bits per heavy atom. The van der Waals surface area contributed by atoms with Crippen molar-refractivity contribution >= 4 is 39.8 Å². The standard InChI is InChI=1S/C22H29ClFN5O2/c1-12-10-29-16(11-26(12)5)21(30)28(8-7-25(3)4)20-19(29)14-9-15(23)13(2)17(24)18(14)27(6)22(20)31/h9,12,16H,7-8,10-11H2,1-6H3. The summed E-state index contributed by atoms with van der Waals surface area (Å²) in [6.07, 6.45) is 0. The molecule has 7 nitrogen and oxygen atoms in total. The molecule has 2 aliphatic heterocycles. The number of rotatable bonds is 3. The Labute approximate surface area is 186 Å². The zero-order valence-corrected chi connectivity index (χ0v) is 19.6. The van der Waals surface area contributed by atoms with E-state index in [2.05, 4.69) is 11.8 Å². The number of aryl methyl sites for hydroxylation is 1. The van der Waals surface area contributed by atoms with Crippen molar-refractivity contribution in [3.8, 4) is 0 Å². The maximum Gasteiger partial charge on any atom is 0.277 e. The molecule has 1 fully saturated rings. The summed E-state index contributed by atoms with van der Waals surface area (Å²) in [4.78, 5) is 34.8. The van der Waals surface area contributed by atoms with Crippen LogP contribution in [0.4, 0.5) is 15.8 Å². The van der Waals surface area contributed by atoms with E-state index in [4.69, 9.17) is 11.6 Å². The van der Waals surface area contributed by atoms with Crippen LogP contribution in [0, 0.1) is 12.7 Å². The van der Waals surface area contributed by atoms with Crippen molar-refractivity contribution in [3.05, 3.63) is 32.8 Å². The van der Waals surface area contributed by atoms with Crippen LogP contribution in [0.15, 0.2) is 10.9 Å². The molecule has 2 unspecified atom stereocenters. The minimum Gasteiger partial charge on any atom is -0.354 e. The molecule has 1 aromatic heterocycles. The van der Waals surface area contributed by atoms with Gasteiger partial charge in [-0.3, -0.25) is 14.5 Å². The average molecular weight is 450 g/mol. The first-order valence-electron chi connectivity index (χ1n) is 10.5. The first kappa shape index (κ1) is 22.0. The Morgan fingerprint density at radius 1 is 1.19 bits per heavy atom. The van der Waals surface area contributed by atoms with Crippen LogP contribution in [-0.2, 0) is 11.8 Å². The number of piperazine rings is 1. The van der Waals surface area contributed by atoms with Gasteiger partial charge in [0.15, 0.2) is 5.82 Å². The molecule has 4 rings (SSSR count). The lowest BCUT2D eigenvalue weighted by molar-refractivity contribution is -0.121. The highest BCUT2D eigenvalue weighted by molar-refractivity contribution is 6.32. The summed E-state index contributed by atoms with van der Waals surface area (Å²) in [5.41, 5.74) is 1.08. The molecule has 0 N–H and O–H groups in total. The third-order valence-electron chi connectivity index (χ3n) is 6.67. The van der Waals surface area contributed by atoms with Gasteiger partial charge < -0.3 is 19.3 Å². The van der Waals surface area contributed by atoms with Crippen LogP contribution in [0.2, 0.25) is 5.02 Å². The minimum absolute atomic E-state index is 0.0942. The van der Waals surface area contributed by atoms with Gasteiger partial charge in [-0.15, -0.1) is 0 Å². The number of fused-ring (bicyclic) bond motifs is 5. The number of hydrogen-bond acceptors (Lipinski definition) is 5. The van der Waals surface area contributed by atoms with Gasteiger partial charge in [-0.05, 0) is 41.1 Å². The van der Waals surface area contributed by atoms with Crippen LogP contribution >= 0.6 is 11.6 Å². The number of hydrogen-bond donors (Lipinski definition) is 0. The smallest absolute Gasteiger partial charge is 0.277 e. The summed E-state index contributed by atoms with van der Waals surface area (Å²) in [5, 5.41) is 0.871. The summed E-state index contributed by atoms with van der Waals surface area (Å²) in [7, 11) is 7.40. The molecule has 1 aromatic carbocycles. The number of carbonyl (C=O) groups is 1. The van der Waals surface area contributed by atoms with Crippen molar-refractivity contribution < 1.29 is 9.18 Å². The van der Waals surface area contributed by atoms with Crippen LogP contribution in [0.5, 0.6) is 0 Å². The zero-order valence-electron chi connectivity index (χ0n) is 18.9. The lowest BCUT2D eigenvalue weighted by Crippen LogP contribution is -2.65. The highest BCUT2D eigenvalue weighted by atomic mass is 35.5. The van der Waals surface area contributed by atoms with Crippen LogP contribution in [0.1, 0.15) is 12.5 Å². The van der Waals surface area contributed by atoms with E-state index < -0.39 is 11.9 Å². The van der Waals surface area contributed by atoms with E-state index in [0.29, 0.717) is 53.5 Å². The van der Waals surface area contributed by atoms with Gasteiger partial charge in [0.05, 0.1) is 11.2 Å². The van der Waals surface area contributed by atoms with E-state index in [1.807, 2.05) is 30.9 Å². The summed E-state index contributed by atoms with van der Waals surface area (Å²) < 4.78 is 16.6. The van der Waals surface area contributed by atoms with Crippen molar-refractivity contribution in [1.29, 1.82) is 0 Å². The number of halogens is 2. The van der Waals surface area contributed by atoms with Gasteiger partial charge in [-0.25, -0.2) is 4.39 Å². The predicted octanol–water partition coefficient (Wildman–Crippen LogP) is 2.06. The predicted molar refractivity (Wildman–Crippen MR) is 123 cm³/mol. The number of amides is 1. The van der Waals surface area contributed by atoms with Crippen LogP contribution in [0.25, 0.3) is 10.9 Å². The largest absolute Gasteiger partial charge is 0.354 e. The van der Waals surface area contributed by atoms with E-state index in [1.54, 1.807) is 24.9 Å². The number of nitrogens with zero attached hydrogens (tertiary/aromatic N) is 5. The highest BCUT2D eigenvalue weighted by Crippen LogP contribution is 2.43. The van der Waals surface area contributed by atoms with Crippen molar-refractivity contribution in [2.75, 3.05) is 57.1 Å². The van der Waals surface area contributed by atoms with Gasteiger partial charge in [-0.2, -0.15) is 0 Å². The first-order chi connectivity index (χ1) is 14.5. The molecule has 1 saturated heterocycles. The van der Waals surface area contributed by atoms with Crippen LogP contribution in [0.3, 0.4) is 0 Å². The topological polar surface area (TPSA) is 52.0 Å². The summed E-state index contributed by atoms with van der Waals surface area (Å²) >= 11 is 6.38. The van der Waals surface area contributed by atoms with Crippen molar-refractivity contribution in [3.63, 3.8) is 0 Å². The van der Waals surface area contributed by atoms with E-state index in [0.717, 1.165) is 0 Å². The second-order valence-corrected chi connectivity index (χ2v) is 9.41. The van der Waals surface area contributed by atoms with Gasteiger partial charge in [0, 0.05) is 55.2 Å². The molecule has 0 saturated carbocycles. The van der Waals surface area contributed by atoms with E-state index in [-0.39, 0.29) is 23.0 Å². The molecule has 0 aliphatic carbocycles. The molecule has 9 heteroatoms. The van der Waals surface area contributed by atoms with E-state index >= 15 is 4.39 Å². The van der Waals surface area contributed by atoms with Gasteiger partial charge in [0.1, 0.15) is 11.7 Å². The highest BCUT2D eigenvalue weighted by Gasteiger charge is 2.45. The Morgan fingerprint density at radius 2 is 1.87 bits per heavy atom. The molecule has 0 bridgehead atoms. The number of anilines is 2. The molecule has 2 aliphatic rings. The third kappa shape index (κ3) is 3.32. The zero-order chi connectivity index (χ0) is 22.8. The van der Waals surface area contributed by atoms with Crippen molar-refractivity contribution in [2.24, 2.45) is 7.05 Å². The number of benzene rings is 1. The van der Waals surface area contributed by atoms with Crippen molar-refractivity contribution in [2.45, 2.75) is 25.9 Å². The number of likely N-dealkylation sites (N-methyl/N-ethyl adjacent to an activating group) is 2. The van der Waals surface area contributed by atoms with Gasteiger partial charge in [-0.1, -0.05) is 11.6 Å². The molecule has 168 valence electrons. The third-order valence-corrected chi connectivity index (χ3v) is 7.07. The van der Waals surface area contributed by atoms with Crippen LogP contribution < -0.4 is 15.4 Å². The fourth-order valence-electron chi connectivity index (χ4n) is 4.61. The maximum absolute atomic E-state index is 15.3. The SMILES string of the molecule is Cc1c(Cl)cc2c3c(c(=O)n(C)c2c1F)N(CCN(C)C)C(=O)C1CN(C)C(C)CN31. The first-order valence-corrected chi connectivity index (χ1v) is 10.9.